The molecular formula is C15H20N2O3. The third-order valence-corrected chi connectivity index (χ3v) is 3.54. The number of hydrogen-bond acceptors (Lipinski definition) is 4. The van der Waals surface area contributed by atoms with E-state index in [2.05, 4.69) is 10.6 Å². The second-order valence-corrected chi connectivity index (χ2v) is 5.35. The van der Waals surface area contributed by atoms with E-state index in [1.54, 1.807) is 0 Å². The van der Waals surface area contributed by atoms with Crippen molar-refractivity contribution in [3.63, 3.8) is 0 Å². The largest absolute Gasteiger partial charge is 0.493 e. The number of carbonyl (C=O) groups excluding carboxylic acids is 1. The third kappa shape index (κ3) is 3.71. The molecule has 2 fully saturated rings. The third-order valence-electron chi connectivity index (χ3n) is 3.54. The van der Waals surface area contributed by atoms with Crippen molar-refractivity contribution in [2.24, 2.45) is 5.92 Å². The number of amides is 1. The first kappa shape index (κ1) is 13.4. The molecule has 1 aliphatic carbocycles. The lowest BCUT2D eigenvalue weighted by atomic mass is 10.2. The van der Waals surface area contributed by atoms with Gasteiger partial charge in [-0.25, -0.2) is 0 Å². The van der Waals surface area contributed by atoms with Crippen molar-refractivity contribution in [2.45, 2.75) is 18.9 Å². The molecule has 3 rings (SSSR count). The van der Waals surface area contributed by atoms with E-state index in [1.165, 1.54) is 12.8 Å². The number of nitrogens with one attached hydrogen (secondary N) is 2. The van der Waals surface area contributed by atoms with Crippen molar-refractivity contribution in [3.05, 3.63) is 24.3 Å². The van der Waals surface area contributed by atoms with Crippen LogP contribution in [0, 0.1) is 5.92 Å². The first-order valence-corrected chi connectivity index (χ1v) is 7.16. The maximum absolute atomic E-state index is 12.0. The number of benzene rings is 1. The summed E-state index contributed by atoms with van der Waals surface area (Å²) in [6.07, 6.45) is 2.56. The number of rotatable bonds is 5. The van der Waals surface area contributed by atoms with Crippen LogP contribution < -0.4 is 15.4 Å². The quantitative estimate of drug-likeness (QED) is 0.853. The summed E-state index contributed by atoms with van der Waals surface area (Å²) in [4.78, 5) is 12.0. The number of hydrogen-bond donors (Lipinski definition) is 2. The molecule has 2 aliphatic rings. The second-order valence-electron chi connectivity index (χ2n) is 5.35. The Kier molecular flexibility index (Phi) is 4.18. The van der Waals surface area contributed by atoms with E-state index < -0.39 is 0 Å². The molecule has 20 heavy (non-hydrogen) atoms. The monoisotopic (exact) mass is 276 g/mol. The van der Waals surface area contributed by atoms with Crippen molar-refractivity contribution < 1.29 is 14.3 Å². The molecule has 108 valence electrons. The van der Waals surface area contributed by atoms with Crippen LogP contribution in [-0.2, 0) is 9.53 Å². The maximum atomic E-state index is 12.0. The molecule has 0 bridgehead atoms. The fourth-order valence-electron chi connectivity index (χ4n) is 2.10. The summed E-state index contributed by atoms with van der Waals surface area (Å²) < 4.78 is 10.9. The predicted molar refractivity (Wildman–Crippen MR) is 75.9 cm³/mol. The van der Waals surface area contributed by atoms with E-state index in [0.717, 1.165) is 24.0 Å². The van der Waals surface area contributed by atoms with E-state index >= 15 is 0 Å². The molecule has 1 heterocycles. The van der Waals surface area contributed by atoms with E-state index in [9.17, 15) is 4.79 Å². The summed E-state index contributed by atoms with van der Waals surface area (Å²) in [7, 11) is 0. The Hall–Kier alpha value is -1.59. The highest BCUT2D eigenvalue weighted by atomic mass is 16.5. The highest BCUT2D eigenvalue weighted by Gasteiger charge is 2.22. The summed E-state index contributed by atoms with van der Waals surface area (Å²) in [5.41, 5.74) is 0.779. The van der Waals surface area contributed by atoms with Crippen molar-refractivity contribution in [1.29, 1.82) is 0 Å². The topological polar surface area (TPSA) is 59.6 Å². The number of morpholine rings is 1. The van der Waals surface area contributed by atoms with Crippen LogP contribution in [-0.4, -0.2) is 38.3 Å². The van der Waals surface area contributed by atoms with Crippen LogP contribution in [0.15, 0.2) is 24.3 Å². The highest BCUT2D eigenvalue weighted by Crippen LogP contribution is 2.29. The van der Waals surface area contributed by atoms with Crippen molar-refractivity contribution in [3.8, 4) is 5.75 Å². The van der Waals surface area contributed by atoms with Crippen molar-refractivity contribution in [2.75, 3.05) is 31.7 Å². The van der Waals surface area contributed by atoms with Crippen LogP contribution in [0.25, 0.3) is 0 Å². The number of ether oxygens (including phenoxy) is 2. The Bertz CT molecular complexity index is 451. The summed E-state index contributed by atoms with van der Waals surface area (Å²) in [5.74, 6) is 1.54. The lowest BCUT2D eigenvalue weighted by molar-refractivity contribution is -0.120. The Balaban J connectivity index is 1.49. The summed E-state index contributed by atoms with van der Waals surface area (Å²) in [6, 6.07) is 7.24. The van der Waals surface area contributed by atoms with Crippen LogP contribution in [0.3, 0.4) is 0 Å². The maximum Gasteiger partial charge on any atom is 0.243 e. The average Bonchev–Trinajstić information content (AvgIpc) is 3.32. The summed E-state index contributed by atoms with van der Waals surface area (Å²) >= 11 is 0. The highest BCUT2D eigenvalue weighted by molar-refractivity contribution is 5.95. The van der Waals surface area contributed by atoms with Crippen molar-refractivity contribution >= 4 is 11.6 Å². The average molecular weight is 276 g/mol. The van der Waals surface area contributed by atoms with Gasteiger partial charge in [-0.3, -0.25) is 4.79 Å². The van der Waals surface area contributed by atoms with Gasteiger partial charge in [0.25, 0.3) is 0 Å². The molecule has 1 saturated carbocycles. The Morgan fingerprint density at radius 3 is 2.80 bits per heavy atom. The van der Waals surface area contributed by atoms with E-state index in [0.29, 0.717) is 19.8 Å². The Morgan fingerprint density at radius 2 is 2.15 bits per heavy atom. The van der Waals surface area contributed by atoms with Gasteiger partial charge in [0.2, 0.25) is 5.91 Å². The van der Waals surface area contributed by atoms with Gasteiger partial charge in [0.1, 0.15) is 11.8 Å². The molecule has 1 amide bonds. The first-order chi connectivity index (χ1) is 9.81. The van der Waals surface area contributed by atoms with Crippen LogP contribution in [0.1, 0.15) is 12.8 Å². The fraction of sp³-hybridized carbons (Fsp3) is 0.533. The molecule has 1 unspecified atom stereocenters. The van der Waals surface area contributed by atoms with Gasteiger partial charge in [0, 0.05) is 12.2 Å². The first-order valence-electron chi connectivity index (χ1n) is 7.16. The Labute approximate surface area is 118 Å². The minimum atomic E-state index is -0.269. The minimum absolute atomic E-state index is 0.0589. The van der Waals surface area contributed by atoms with Gasteiger partial charge in [0.15, 0.2) is 0 Å². The van der Waals surface area contributed by atoms with Crippen LogP contribution >= 0.6 is 0 Å². The number of carbonyl (C=O) groups is 1. The normalized spacial score (nSPS) is 22.3. The van der Waals surface area contributed by atoms with E-state index in [1.807, 2.05) is 24.3 Å². The number of anilines is 1. The van der Waals surface area contributed by atoms with Crippen LogP contribution in [0.5, 0.6) is 5.75 Å². The minimum Gasteiger partial charge on any atom is -0.493 e. The molecule has 1 aromatic rings. The lowest BCUT2D eigenvalue weighted by Crippen LogP contribution is -2.48. The van der Waals surface area contributed by atoms with E-state index in [-0.39, 0.29) is 11.9 Å². The molecule has 2 N–H and O–H groups in total. The predicted octanol–water partition coefficient (Wildman–Crippen LogP) is 1.40. The zero-order chi connectivity index (χ0) is 13.8. The lowest BCUT2D eigenvalue weighted by Gasteiger charge is -2.22. The molecular weight excluding hydrogens is 256 g/mol. The van der Waals surface area contributed by atoms with Crippen LogP contribution in [0.4, 0.5) is 5.69 Å². The van der Waals surface area contributed by atoms with Crippen molar-refractivity contribution in [1.82, 2.24) is 5.32 Å². The second kappa shape index (κ2) is 6.24. The van der Waals surface area contributed by atoms with E-state index in [4.69, 9.17) is 9.47 Å². The van der Waals surface area contributed by atoms with Gasteiger partial charge < -0.3 is 20.1 Å². The summed E-state index contributed by atoms with van der Waals surface area (Å²) in [5, 5.41) is 6.01. The van der Waals surface area contributed by atoms with Gasteiger partial charge >= 0.3 is 0 Å². The summed E-state index contributed by atoms with van der Waals surface area (Å²) in [6.45, 7) is 2.60. The molecule has 0 radical (unpaired) electrons. The van der Waals surface area contributed by atoms with Gasteiger partial charge in [-0.15, -0.1) is 0 Å². The molecule has 1 atom stereocenters. The standard InChI is InChI=1S/C15H20N2O3/c18-15(14-10-19-8-7-16-14)17-12-3-5-13(6-4-12)20-9-11-1-2-11/h3-6,11,14,16H,1-2,7-10H2,(H,17,18). The van der Waals surface area contributed by atoms with Gasteiger partial charge in [-0.1, -0.05) is 0 Å². The molecule has 0 spiro atoms. The zero-order valence-corrected chi connectivity index (χ0v) is 11.4. The molecule has 1 aromatic carbocycles. The molecule has 5 nitrogen and oxygen atoms in total. The van der Waals surface area contributed by atoms with Crippen LogP contribution in [0.2, 0.25) is 0 Å². The van der Waals surface area contributed by atoms with Gasteiger partial charge in [-0.05, 0) is 43.0 Å². The van der Waals surface area contributed by atoms with Gasteiger partial charge in [0.05, 0.1) is 19.8 Å². The van der Waals surface area contributed by atoms with Gasteiger partial charge in [-0.2, -0.15) is 0 Å². The zero-order valence-electron chi connectivity index (χ0n) is 11.4. The molecule has 1 aliphatic heterocycles. The molecule has 5 heteroatoms. The smallest absolute Gasteiger partial charge is 0.243 e. The SMILES string of the molecule is O=C(Nc1ccc(OCC2CC2)cc1)C1COCCN1. The fourth-order valence-corrected chi connectivity index (χ4v) is 2.10. The Morgan fingerprint density at radius 1 is 1.35 bits per heavy atom. The molecule has 0 aromatic heterocycles. The molecule has 1 saturated heterocycles.